The standard InChI is InChI=1S/C12H22N2S2/c1-8(2)5-10-11(6-13)16-12(14-10)7-15-9(3)4/h8-9H,5-7,13H2,1-4H3. The normalized spacial score (nSPS) is 11.7. The van der Waals surface area contributed by atoms with Gasteiger partial charge in [-0.3, -0.25) is 0 Å². The van der Waals surface area contributed by atoms with Crippen molar-refractivity contribution in [3.8, 4) is 0 Å². The van der Waals surface area contributed by atoms with Crippen LogP contribution >= 0.6 is 23.1 Å². The van der Waals surface area contributed by atoms with Crippen LogP contribution in [-0.2, 0) is 18.7 Å². The van der Waals surface area contributed by atoms with Gasteiger partial charge in [0.25, 0.3) is 0 Å². The summed E-state index contributed by atoms with van der Waals surface area (Å²) in [5.41, 5.74) is 6.98. The fourth-order valence-corrected chi connectivity index (χ4v) is 3.19. The highest BCUT2D eigenvalue weighted by molar-refractivity contribution is 7.99. The van der Waals surface area contributed by atoms with Crippen LogP contribution in [0.5, 0.6) is 0 Å². The van der Waals surface area contributed by atoms with Crippen LogP contribution in [-0.4, -0.2) is 10.2 Å². The van der Waals surface area contributed by atoms with Gasteiger partial charge >= 0.3 is 0 Å². The van der Waals surface area contributed by atoms with Crippen molar-refractivity contribution in [2.75, 3.05) is 0 Å². The average Bonchev–Trinajstić information content (AvgIpc) is 2.56. The molecule has 0 spiro atoms. The van der Waals surface area contributed by atoms with E-state index < -0.39 is 0 Å². The third-order valence-electron chi connectivity index (χ3n) is 2.15. The zero-order valence-electron chi connectivity index (χ0n) is 10.6. The minimum Gasteiger partial charge on any atom is -0.326 e. The summed E-state index contributed by atoms with van der Waals surface area (Å²) >= 11 is 3.73. The van der Waals surface area contributed by atoms with Crippen LogP contribution in [0.15, 0.2) is 0 Å². The van der Waals surface area contributed by atoms with Crippen LogP contribution in [0.4, 0.5) is 0 Å². The van der Waals surface area contributed by atoms with E-state index in [1.165, 1.54) is 15.6 Å². The summed E-state index contributed by atoms with van der Waals surface area (Å²) in [6.07, 6.45) is 1.05. The van der Waals surface area contributed by atoms with Crippen LogP contribution in [0.3, 0.4) is 0 Å². The number of nitrogens with zero attached hydrogens (tertiary/aromatic N) is 1. The first-order chi connectivity index (χ1) is 7.52. The van der Waals surface area contributed by atoms with E-state index in [-0.39, 0.29) is 0 Å². The lowest BCUT2D eigenvalue weighted by molar-refractivity contribution is 0.633. The predicted octanol–water partition coefficient (Wildman–Crippen LogP) is 3.44. The molecular formula is C12H22N2S2. The Morgan fingerprint density at radius 3 is 2.50 bits per heavy atom. The van der Waals surface area contributed by atoms with Crippen LogP contribution in [0.1, 0.15) is 43.3 Å². The molecule has 4 heteroatoms. The summed E-state index contributed by atoms with van der Waals surface area (Å²) in [4.78, 5) is 5.98. The number of thiazole rings is 1. The highest BCUT2D eigenvalue weighted by Gasteiger charge is 2.11. The van der Waals surface area contributed by atoms with Crippen LogP contribution in [0, 0.1) is 5.92 Å². The molecule has 1 aromatic rings. The summed E-state index contributed by atoms with van der Waals surface area (Å²) < 4.78 is 0. The van der Waals surface area contributed by atoms with Crippen molar-refractivity contribution in [1.82, 2.24) is 4.98 Å². The molecule has 16 heavy (non-hydrogen) atoms. The second-order valence-corrected chi connectivity index (χ2v) is 7.37. The Morgan fingerprint density at radius 1 is 1.31 bits per heavy atom. The van der Waals surface area contributed by atoms with Crippen molar-refractivity contribution < 1.29 is 0 Å². The monoisotopic (exact) mass is 258 g/mol. The highest BCUT2D eigenvalue weighted by Crippen LogP contribution is 2.25. The Hall–Kier alpha value is -0.0600. The number of hydrogen-bond acceptors (Lipinski definition) is 4. The average molecular weight is 258 g/mol. The molecule has 0 aliphatic carbocycles. The molecular weight excluding hydrogens is 236 g/mol. The molecule has 0 bridgehead atoms. The molecule has 2 N–H and O–H groups in total. The van der Waals surface area contributed by atoms with E-state index in [9.17, 15) is 0 Å². The molecule has 2 nitrogen and oxygen atoms in total. The number of thioether (sulfide) groups is 1. The third-order valence-corrected chi connectivity index (χ3v) is 4.56. The quantitative estimate of drug-likeness (QED) is 0.849. The van der Waals surface area contributed by atoms with E-state index in [0.29, 0.717) is 17.7 Å². The molecule has 0 saturated carbocycles. The molecule has 0 amide bonds. The van der Waals surface area contributed by atoms with Crippen molar-refractivity contribution in [2.45, 2.75) is 51.7 Å². The number of rotatable bonds is 6. The zero-order chi connectivity index (χ0) is 12.1. The number of nitrogens with two attached hydrogens (primary N) is 1. The van der Waals surface area contributed by atoms with Crippen molar-refractivity contribution in [3.05, 3.63) is 15.6 Å². The van der Waals surface area contributed by atoms with Gasteiger partial charge in [0.2, 0.25) is 0 Å². The van der Waals surface area contributed by atoms with E-state index in [2.05, 4.69) is 27.7 Å². The molecule has 0 fully saturated rings. The van der Waals surface area contributed by atoms with Gasteiger partial charge in [-0.1, -0.05) is 27.7 Å². The van der Waals surface area contributed by atoms with Crippen molar-refractivity contribution in [1.29, 1.82) is 0 Å². The minimum atomic E-state index is 0.631. The third kappa shape index (κ3) is 4.44. The molecule has 1 aromatic heterocycles. The van der Waals surface area contributed by atoms with E-state index in [4.69, 9.17) is 10.7 Å². The Kier molecular flexibility index (Phi) is 5.79. The van der Waals surface area contributed by atoms with E-state index >= 15 is 0 Å². The first kappa shape index (κ1) is 14.0. The smallest absolute Gasteiger partial charge is 0.103 e. The van der Waals surface area contributed by atoms with Gasteiger partial charge < -0.3 is 5.73 Å². The molecule has 1 rings (SSSR count). The van der Waals surface area contributed by atoms with Gasteiger partial charge in [0.1, 0.15) is 5.01 Å². The Bertz CT molecular complexity index is 319. The second kappa shape index (κ2) is 6.62. The first-order valence-corrected chi connectivity index (χ1v) is 7.68. The van der Waals surface area contributed by atoms with Crippen LogP contribution in [0.25, 0.3) is 0 Å². The van der Waals surface area contributed by atoms with Gasteiger partial charge in [0, 0.05) is 17.2 Å². The fourth-order valence-electron chi connectivity index (χ4n) is 1.44. The first-order valence-electron chi connectivity index (χ1n) is 5.82. The van der Waals surface area contributed by atoms with Crippen molar-refractivity contribution in [3.63, 3.8) is 0 Å². The second-order valence-electron chi connectivity index (χ2n) is 4.64. The maximum atomic E-state index is 5.76. The zero-order valence-corrected chi connectivity index (χ0v) is 12.3. The minimum absolute atomic E-state index is 0.631. The summed E-state index contributed by atoms with van der Waals surface area (Å²) in [7, 11) is 0. The lowest BCUT2D eigenvalue weighted by Crippen LogP contribution is -2.02. The van der Waals surface area contributed by atoms with Crippen LogP contribution in [0.2, 0.25) is 0 Å². The molecule has 0 saturated heterocycles. The number of aromatic nitrogens is 1. The lowest BCUT2D eigenvalue weighted by Gasteiger charge is -2.02. The Morgan fingerprint density at radius 2 is 2.00 bits per heavy atom. The number of hydrogen-bond donors (Lipinski definition) is 1. The molecule has 0 aromatic carbocycles. The van der Waals surface area contributed by atoms with Gasteiger partial charge in [-0.2, -0.15) is 11.8 Å². The molecule has 0 atom stereocenters. The molecule has 1 heterocycles. The predicted molar refractivity (Wildman–Crippen MR) is 75.0 cm³/mol. The summed E-state index contributed by atoms with van der Waals surface area (Å²) in [6.45, 7) is 9.52. The Balaban J connectivity index is 2.69. The molecule has 0 aliphatic heterocycles. The lowest BCUT2D eigenvalue weighted by atomic mass is 10.1. The van der Waals surface area contributed by atoms with E-state index in [0.717, 1.165) is 12.2 Å². The molecule has 0 aliphatic rings. The molecule has 92 valence electrons. The van der Waals surface area contributed by atoms with Gasteiger partial charge in [-0.05, 0) is 17.6 Å². The van der Waals surface area contributed by atoms with E-state index in [1.807, 2.05) is 11.8 Å². The fraction of sp³-hybridized carbons (Fsp3) is 0.750. The summed E-state index contributed by atoms with van der Waals surface area (Å²) in [5.74, 6) is 1.67. The SMILES string of the molecule is CC(C)Cc1nc(CSC(C)C)sc1CN. The maximum absolute atomic E-state index is 5.76. The molecule has 0 radical (unpaired) electrons. The van der Waals surface area contributed by atoms with E-state index in [1.54, 1.807) is 11.3 Å². The van der Waals surface area contributed by atoms with Gasteiger partial charge in [0.15, 0.2) is 0 Å². The van der Waals surface area contributed by atoms with Gasteiger partial charge in [-0.15, -0.1) is 11.3 Å². The Labute approximate surface area is 107 Å². The summed E-state index contributed by atoms with van der Waals surface area (Å²) in [6, 6.07) is 0. The van der Waals surface area contributed by atoms with Gasteiger partial charge in [-0.25, -0.2) is 4.98 Å². The van der Waals surface area contributed by atoms with Gasteiger partial charge in [0.05, 0.1) is 5.69 Å². The van der Waals surface area contributed by atoms with Crippen molar-refractivity contribution >= 4 is 23.1 Å². The molecule has 0 unspecified atom stereocenters. The van der Waals surface area contributed by atoms with Crippen LogP contribution < -0.4 is 5.73 Å². The largest absolute Gasteiger partial charge is 0.326 e. The summed E-state index contributed by atoms with van der Waals surface area (Å²) in [5, 5.41) is 1.90. The highest BCUT2D eigenvalue weighted by atomic mass is 32.2. The van der Waals surface area contributed by atoms with Crippen molar-refractivity contribution in [2.24, 2.45) is 11.7 Å². The topological polar surface area (TPSA) is 38.9 Å². The maximum Gasteiger partial charge on any atom is 0.103 e.